The molecule has 0 fully saturated rings. The zero-order valence-corrected chi connectivity index (χ0v) is 13.0. The van der Waals surface area contributed by atoms with Crippen LogP contribution in [-0.2, 0) is 0 Å². The molecule has 114 valence electrons. The Labute approximate surface area is 122 Å². The second-order valence-electron chi connectivity index (χ2n) is 5.03. The highest BCUT2D eigenvalue weighted by molar-refractivity contribution is 5.66. The van der Waals surface area contributed by atoms with Gasteiger partial charge in [-0.2, -0.15) is 4.98 Å². The summed E-state index contributed by atoms with van der Waals surface area (Å²) in [5.74, 6) is 1.88. The Morgan fingerprint density at radius 1 is 1.05 bits per heavy atom. The van der Waals surface area contributed by atoms with Gasteiger partial charge in [-0.15, -0.1) is 0 Å². The van der Waals surface area contributed by atoms with Gasteiger partial charge in [0, 0.05) is 6.54 Å². The first-order valence-electron chi connectivity index (χ1n) is 7.69. The van der Waals surface area contributed by atoms with E-state index < -0.39 is 0 Å². The Kier molecular flexibility index (Phi) is 7.77. The molecule has 1 heterocycles. The number of aromatic nitrogens is 2. The fourth-order valence-corrected chi connectivity index (χ4v) is 1.87. The van der Waals surface area contributed by atoms with Crippen LogP contribution < -0.4 is 15.8 Å². The van der Waals surface area contributed by atoms with Crippen molar-refractivity contribution in [2.75, 3.05) is 24.2 Å². The van der Waals surface area contributed by atoms with Crippen LogP contribution in [0.1, 0.15) is 58.2 Å². The first kappa shape index (κ1) is 16.5. The number of rotatable bonds is 10. The Morgan fingerprint density at radius 3 is 2.50 bits per heavy atom. The largest absolute Gasteiger partial charge is 0.476 e. The molecule has 1 aromatic rings. The predicted octanol–water partition coefficient (Wildman–Crippen LogP) is 3.54. The van der Waals surface area contributed by atoms with Crippen molar-refractivity contribution in [3.05, 3.63) is 5.82 Å². The number of anilines is 2. The fourth-order valence-electron chi connectivity index (χ4n) is 1.87. The first-order chi connectivity index (χ1) is 9.69. The van der Waals surface area contributed by atoms with Crippen LogP contribution in [0.25, 0.3) is 0 Å². The van der Waals surface area contributed by atoms with Crippen molar-refractivity contribution < 1.29 is 4.74 Å². The van der Waals surface area contributed by atoms with E-state index in [1.165, 1.54) is 19.3 Å². The van der Waals surface area contributed by atoms with E-state index in [4.69, 9.17) is 10.5 Å². The summed E-state index contributed by atoms with van der Waals surface area (Å²) in [5, 5.41) is 3.29. The fraction of sp³-hybridized carbons (Fsp3) is 0.733. The maximum Gasteiger partial charge on any atom is 0.242 e. The molecular weight excluding hydrogens is 252 g/mol. The van der Waals surface area contributed by atoms with E-state index in [1.807, 2.05) is 6.92 Å². The van der Waals surface area contributed by atoms with Crippen molar-refractivity contribution in [2.24, 2.45) is 0 Å². The summed E-state index contributed by atoms with van der Waals surface area (Å²) in [6.45, 7) is 7.72. The van der Waals surface area contributed by atoms with Gasteiger partial charge in [0.2, 0.25) is 5.88 Å². The maximum atomic E-state index is 6.06. The summed E-state index contributed by atoms with van der Waals surface area (Å²) in [6.07, 6.45) is 6.96. The van der Waals surface area contributed by atoms with Crippen LogP contribution in [0.3, 0.4) is 0 Å². The highest BCUT2D eigenvalue weighted by atomic mass is 16.5. The van der Waals surface area contributed by atoms with Gasteiger partial charge in [0.15, 0.2) is 5.82 Å². The first-order valence-corrected chi connectivity index (χ1v) is 7.69. The Balaban J connectivity index is 2.56. The van der Waals surface area contributed by atoms with Crippen LogP contribution >= 0.6 is 0 Å². The molecule has 0 bridgehead atoms. The third kappa shape index (κ3) is 5.63. The third-order valence-electron chi connectivity index (χ3n) is 3.08. The van der Waals surface area contributed by atoms with E-state index in [0.29, 0.717) is 29.8 Å². The highest BCUT2D eigenvalue weighted by Crippen LogP contribution is 2.26. The minimum absolute atomic E-state index is 0.502. The number of hydrogen-bond donors (Lipinski definition) is 2. The second-order valence-corrected chi connectivity index (χ2v) is 5.03. The number of ether oxygens (including phenoxy) is 1. The topological polar surface area (TPSA) is 73.1 Å². The molecule has 0 aliphatic carbocycles. The van der Waals surface area contributed by atoms with Gasteiger partial charge in [0.25, 0.3) is 0 Å². The second kappa shape index (κ2) is 9.39. The Hall–Kier alpha value is -1.52. The van der Waals surface area contributed by atoms with Gasteiger partial charge in [-0.05, 0) is 19.8 Å². The Bertz CT molecular complexity index is 396. The average Bonchev–Trinajstić information content (AvgIpc) is 2.43. The van der Waals surface area contributed by atoms with Gasteiger partial charge in [-0.25, -0.2) is 4.98 Å². The van der Waals surface area contributed by atoms with Crippen LogP contribution in [0.15, 0.2) is 0 Å². The van der Waals surface area contributed by atoms with Crippen molar-refractivity contribution in [1.29, 1.82) is 0 Å². The molecule has 0 atom stereocenters. The van der Waals surface area contributed by atoms with Gasteiger partial charge >= 0.3 is 0 Å². The number of nitrogens with one attached hydrogen (secondary N) is 1. The monoisotopic (exact) mass is 280 g/mol. The lowest BCUT2D eigenvalue weighted by atomic mass is 10.2. The molecule has 0 saturated carbocycles. The molecule has 1 aromatic heterocycles. The molecule has 0 aliphatic heterocycles. The molecule has 5 nitrogen and oxygen atoms in total. The van der Waals surface area contributed by atoms with Crippen LogP contribution in [0.5, 0.6) is 5.88 Å². The molecular formula is C15H28N4O. The standard InChI is InChI=1S/C15H28N4O/c1-4-6-8-9-10-17-14-13(16)15(19-12(3)18-14)20-11-7-5-2/h4-11,16H2,1-3H3,(H,17,18,19). The van der Waals surface area contributed by atoms with E-state index in [2.05, 4.69) is 29.1 Å². The average molecular weight is 280 g/mol. The minimum Gasteiger partial charge on any atom is -0.476 e. The highest BCUT2D eigenvalue weighted by Gasteiger charge is 2.10. The molecule has 0 unspecified atom stereocenters. The molecule has 5 heteroatoms. The predicted molar refractivity (Wildman–Crippen MR) is 84.2 cm³/mol. The lowest BCUT2D eigenvalue weighted by Gasteiger charge is -2.13. The summed E-state index contributed by atoms with van der Waals surface area (Å²) < 4.78 is 5.63. The molecule has 0 saturated heterocycles. The number of nitrogens with two attached hydrogens (primary N) is 1. The van der Waals surface area contributed by atoms with Gasteiger partial charge < -0.3 is 15.8 Å². The number of hydrogen-bond acceptors (Lipinski definition) is 5. The molecule has 0 aliphatic rings. The van der Waals surface area contributed by atoms with E-state index >= 15 is 0 Å². The van der Waals surface area contributed by atoms with Crippen molar-refractivity contribution in [3.63, 3.8) is 0 Å². The van der Waals surface area contributed by atoms with Crippen molar-refractivity contribution in [3.8, 4) is 5.88 Å². The normalized spacial score (nSPS) is 10.6. The van der Waals surface area contributed by atoms with E-state index in [0.717, 1.165) is 25.8 Å². The zero-order valence-electron chi connectivity index (χ0n) is 13.0. The van der Waals surface area contributed by atoms with Crippen molar-refractivity contribution >= 4 is 11.5 Å². The molecule has 0 aromatic carbocycles. The molecule has 0 radical (unpaired) electrons. The van der Waals surface area contributed by atoms with Gasteiger partial charge in [-0.3, -0.25) is 0 Å². The van der Waals surface area contributed by atoms with Crippen LogP contribution in [-0.4, -0.2) is 23.1 Å². The lowest BCUT2D eigenvalue weighted by molar-refractivity contribution is 0.298. The molecule has 1 rings (SSSR count). The number of nitrogen functional groups attached to an aromatic ring is 1. The van der Waals surface area contributed by atoms with Gasteiger partial charge in [-0.1, -0.05) is 39.5 Å². The Morgan fingerprint density at radius 2 is 1.80 bits per heavy atom. The van der Waals surface area contributed by atoms with Crippen molar-refractivity contribution in [1.82, 2.24) is 9.97 Å². The zero-order chi connectivity index (χ0) is 14.8. The summed E-state index contributed by atoms with van der Waals surface area (Å²) in [5.41, 5.74) is 6.58. The summed E-state index contributed by atoms with van der Waals surface area (Å²) >= 11 is 0. The summed E-state index contributed by atoms with van der Waals surface area (Å²) in [6, 6.07) is 0. The molecule has 3 N–H and O–H groups in total. The van der Waals surface area contributed by atoms with Crippen LogP contribution in [0, 0.1) is 6.92 Å². The minimum atomic E-state index is 0.502. The smallest absolute Gasteiger partial charge is 0.242 e. The van der Waals surface area contributed by atoms with Gasteiger partial charge in [0.05, 0.1) is 6.61 Å². The molecule has 20 heavy (non-hydrogen) atoms. The lowest BCUT2D eigenvalue weighted by Crippen LogP contribution is -2.11. The summed E-state index contributed by atoms with van der Waals surface area (Å²) in [7, 11) is 0. The van der Waals surface area contributed by atoms with E-state index in [9.17, 15) is 0 Å². The van der Waals surface area contributed by atoms with E-state index in [1.54, 1.807) is 0 Å². The molecule has 0 amide bonds. The SMILES string of the molecule is CCCCCCNc1nc(C)nc(OCCCC)c1N. The van der Waals surface area contributed by atoms with Gasteiger partial charge in [0.1, 0.15) is 11.5 Å². The van der Waals surface area contributed by atoms with Crippen molar-refractivity contribution in [2.45, 2.75) is 59.3 Å². The number of unbranched alkanes of at least 4 members (excludes halogenated alkanes) is 4. The molecule has 0 spiro atoms. The van der Waals surface area contributed by atoms with E-state index in [-0.39, 0.29) is 0 Å². The van der Waals surface area contributed by atoms with Crippen LogP contribution in [0.2, 0.25) is 0 Å². The van der Waals surface area contributed by atoms with Crippen LogP contribution in [0.4, 0.5) is 11.5 Å². The number of nitrogens with zero attached hydrogens (tertiary/aromatic N) is 2. The maximum absolute atomic E-state index is 6.06. The quantitative estimate of drug-likeness (QED) is 0.641. The summed E-state index contributed by atoms with van der Waals surface area (Å²) in [4.78, 5) is 8.62. The third-order valence-corrected chi connectivity index (χ3v) is 3.08. The number of aryl methyl sites for hydroxylation is 1.